The summed E-state index contributed by atoms with van der Waals surface area (Å²) < 4.78 is 0. The van der Waals surface area contributed by atoms with Crippen LogP contribution in [0.5, 0.6) is 0 Å². The summed E-state index contributed by atoms with van der Waals surface area (Å²) >= 11 is 0. The van der Waals surface area contributed by atoms with Gasteiger partial charge in [0.05, 0.1) is 5.92 Å². The molecule has 3 fully saturated rings. The molecule has 2 saturated heterocycles. The average Bonchev–Trinajstić information content (AvgIpc) is 2.86. The molecular formula is C13H25Cl2N3O. The fourth-order valence-corrected chi connectivity index (χ4v) is 3.27. The topological polar surface area (TPSA) is 44.4 Å². The normalized spacial score (nSPS) is 34.5. The van der Waals surface area contributed by atoms with Crippen LogP contribution in [0.15, 0.2) is 0 Å². The highest BCUT2D eigenvalue weighted by Gasteiger charge is 2.39. The van der Waals surface area contributed by atoms with Gasteiger partial charge >= 0.3 is 0 Å². The van der Waals surface area contributed by atoms with Gasteiger partial charge in [-0.25, -0.2) is 0 Å². The van der Waals surface area contributed by atoms with Crippen LogP contribution < -0.4 is 10.6 Å². The van der Waals surface area contributed by atoms with Gasteiger partial charge in [-0.05, 0) is 39.2 Å². The molecule has 0 bridgehead atoms. The van der Waals surface area contributed by atoms with Gasteiger partial charge in [0.25, 0.3) is 0 Å². The Morgan fingerprint density at radius 1 is 1.26 bits per heavy atom. The van der Waals surface area contributed by atoms with Crippen LogP contribution in [0.25, 0.3) is 0 Å². The van der Waals surface area contributed by atoms with E-state index in [0.717, 1.165) is 38.5 Å². The second-order valence-electron chi connectivity index (χ2n) is 5.91. The van der Waals surface area contributed by atoms with E-state index in [9.17, 15) is 4.79 Å². The van der Waals surface area contributed by atoms with E-state index in [4.69, 9.17) is 0 Å². The van der Waals surface area contributed by atoms with Crippen molar-refractivity contribution in [1.82, 2.24) is 15.5 Å². The summed E-state index contributed by atoms with van der Waals surface area (Å²) in [4.78, 5) is 14.6. The fraction of sp³-hybridized carbons (Fsp3) is 0.923. The molecule has 0 aromatic heterocycles. The summed E-state index contributed by atoms with van der Waals surface area (Å²) in [6.45, 7) is 5.22. The predicted octanol–water partition coefficient (Wildman–Crippen LogP) is 1.18. The minimum atomic E-state index is 0. The van der Waals surface area contributed by atoms with Gasteiger partial charge in [0.1, 0.15) is 0 Å². The number of amides is 1. The Morgan fingerprint density at radius 2 is 2.00 bits per heavy atom. The molecule has 1 aliphatic carbocycles. The quantitative estimate of drug-likeness (QED) is 0.823. The monoisotopic (exact) mass is 309 g/mol. The lowest BCUT2D eigenvalue weighted by molar-refractivity contribution is -0.125. The standard InChI is InChI=1S/C13H23N3O.2ClH/c1-9-6-11(8-16(9)12-2-3-12)15-13(17)10-4-5-14-7-10;;/h9-12,14H,2-8H2,1H3,(H,15,17);2*1H. The first-order valence-electron chi connectivity index (χ1n) is 7.01. The van der Waals surface area contributed by atoms with E-state index in [2.05, 4.69) is 22.5 Å². The highest BCUT2D eigenvalue weighted by atomic mass is 35.5. The highest BCUT2D eigenvalue weighted by molar-refractivity contribution is 5.85. The van der Waals surface area contributed by atoms with Gasteiger partial charge in [0.2, 0.25) is 5.91 Å². The van der Waals surface area contributed by atoms with E-state index in [1.807, 2.05) is 0 Å². The number of rotatable bonds is 3. The molecule has 0 radical (unpaired) electrons. The maximum absolute atomic E-state index is 12.0. The Kier molecular flexibility index (Phi) is 6.37. The van der Waals surface area contributed by atoms with Gasteiger partial charge in [-0.15, -0.1) is 24.8 Å². The Hall–Kier alpha value is -0.0300. The number of halogens is 2. The van der Waals surface area contributed by atoms with Crippen LogP contribution in [0.4, 0.5) is 0 Å². The van der Waals surface area contributed by atoms with Crippen molar-refractivity contribution in [2.75, 3.05) is 19.6 Å². The van der Waals surface area contributed by atoms with Crippen molar-refractivity contribution >= 4 is 30.7 Å². The van der Waals surface area contributed by atoms with Crippen LogP contribution in [-0.2, 0) is 4.79 Å². The fourth-order valence-electron chi connectivity index (χ4n) is 3.27. The Bertz CT molecular complexity index is 306. The maximum Gasteiger partial charge on any atom is 0.224 e. The second kappa shape index (κ2) is 7.11. The van der Waals surface area contributed by atoms with E-state index >= 15 is 0 Å². The minimum Gasteiger partial charge on any atom is -0.352 e. The van der Waals surface area contributed by atoms with Crippen molar-refractivity contribution in [3.05, 3.63) is 0 Å². The van der Waals surface area contributed by atoms with Gasteiger partial charge in [0.15, 0.2) is 0 Å². The molecule has 1 amide bonds. The smallest absolute Gasteiger partial charge is 0.224 e. The zero-order valence-corrected chi connectivity index (χ0v) is 13.1. The largest absolute Gasteiger partial charge is 0.352 e. The molecule has 3 rings (SSSR count). The summed E-state index contributed by atoms with van der Waals surface area (Å²) in [7, 11) is 0. The van der Waals surface area contributed by atoms with E-state index in [1.165, 1.54) is 12.8 Å². The van der Waals surface area contributed by atoms with Crippen LogP contribution >= 0.6 is 24.8 Å². The van der Waals surface area contributed by atoms with Crippen molar-refractivity contribution < 1.29 is 4.79 Å². The summed E-state index contributed by atoms with van der Waals surface area (Å²) in [5.41, 5.74) is 0. The third kappa shape index (κ3) is 3.97. The molecule has 3 unspecified atom stereocenters. The average molecular weight is 310 g/mol. The molecule has 19 heavy (non-hydrogen) atoms. The number of nitrogens with zero attached hydrogens (tertiary/aromatic N) is 1. The van der Waals surface area contributed by atoms with Crippen molar-refractivity contribution in [3.63, 3.8) is 0 Å². The molecule has 0 aromatic rings. The Labute approximate surface area is 127 Å². The summed E-state index contributed by atoms with van der Waals surface area (Å²) in [6, 6.07) is 1.85. The number of nitrogens with one attached hydrogen (secondary N) is 2. The van der Waals surface area contributed by atoms with Gasteiger partial charge in [-0.3, -0.25) is 9.69 Å². The number of hydrogen-bond acceptors (Lipinski definition) is 3. The molecule has 112 valence electrons. The lowest BCUT2D eigenvalue weighted by Gasteiger charge is -2.20. The number of carbonyl (C=O) groups excluding carboxylic acids is 1. The van der Waals surface area contributed by atoms with Crippen molar-refractivity contribution in [2.45, 2.75) is 50.7 Å². The Morgan fingerprint density at radius 3 is 2.58 bits per heavy atom. The number of likely N-dealkylation sites (tertiary alicyclic amines) is 1. The molecule has 4 nitrogen and oxygen atoms in total. The van der Waals surface area contributed by atoms with Gasteiger partial charge in [0, 0.05) is 31.2 Å². The molecule has 2 aliphatic heterocycles. The van der Waals surface area contributed by atoms with E-state index in [0.29, 0.717) is 12.1 Å². The second-order valence-corrected chi connectivity index (χ2v) is 5.91. The van der Waals surface area contributed by atoms with Crippen LogP contribution in [-0.4, -0.2) is 48.6 Å². The van der Waals surface area contributed by atoms with Crippen LogP contribution in [0.3, 0.4) is 0 Å². The molecular weight excluding hydrogens is 285 g/mol. The molecule has 3 atom stereocenters. The summed E-state index contributed by atoms with van der Waals surface area (Å²) in [5.74, 6) is 0.477. The maximum atomic E-state index is 12.0. The summed E-state index contributed by atoms with van der Waals surface area (Å²) in [6.07, 6.45) is 4.85. The lowest BCUT2D eigenvalue weighted by Crippen LogP contribution is -2.41. The molecule has 2 heterocycles. The van der Waals surface area contributed by atoms with Gasteiger partial charge in [-0.2, -0.15) is 0 Å². The van der Waals surface area contributed by atoms with E-state index in [1.54, 1.807) is 0 Å². The Balaban J connectivity index is 0.000000902. The molecule has 0 spiro atoms. The molecule has 0 aromatic carbocycles. The van der Waals surface area contributed by atoms with Crippen molar-refractivity contribution in [3.8, 4) is 0 Å². The van der Waals surface area contributed by atoms with Crippen molar-refractivity contribution in [2.24, 2.45) is 5.92 Å². The molecule has 2 N–H and O–H groups in total. The number of hydrogen-bond donors (Lipinski definition) is 2. The lowest BCUT2D eigenvalue weighted by atomic mass is 10.1. The van der Waals surface area contributed by atoms with Crippen LogP contribution in [0.1, 0.15) is 32.6 Å². The van der Waals surface area contributed by atoms with Gasteiger partial charge < -0.3 is 10.6 Å². The zero-order valence-electron chi connectivity index (χ0n) is 11.4. The van der Waals surface area contributed by atoms with E-state index < -0.39 is 0 Å². The van der Waals surface area contributed by atoms with Crippen LogP contribution in [0.2, 0.25) is 0 Å². The highest BCUT2D eigenvalue weighted by Crippen LogP contribution is 2.33. The minimum absolute atomic E-state index is 0. The molecule has 6 heteroatoms. The first kappa shape index (κ1) is 17.0. The number of carbonyl (C=O) groups is 1. The molecule has 1 saturated carbocycles. The first-order chi connectivity index (χ1) is 8.24. The first-order valence-corrected chi connectivity index (χ1v) is 7.01. The van der Waals surface area contributed by atoms with E-state index in [-0.39, 0.29) is 36.6 Å². The molecule has 3 aliphatic rings. The predicted molar refractivity (Wildman–Crippen MR) is 81.2 cm³/mol. The zero-order chi connectivity index (χ0) is 11.8. The summed E-state index contributed by atoms with van der Waals surface area (Å²) in [5, 5.41) is 6.50. The van der Waals surface area contributed by atoms with Gasteiger partial charge in [-0.1, -0.05) is 0 Å². The van der Waals surface area contributed by atoms with Crippen molar-refractivity contribution in [1.29, 1.82) is 0 Å². The SMILES string of the molecule is CC1CC(NC(=O)C2CCNC2)CN1C1CC1.Cl.Cl. The third-order valence-electron chi connectivity index (χ3n) is 4.42. The third-order valence-corrected chi connectivity index (χ3v) is 4.42. The van der Waals surface area contributed by atoms with Crippen LogP contribution in [0, 0.1) is 5.92 Å².